The third-order valence-corrected chi connectivity index (χ3v) is 7.06. The molecule has 2 N–H and O–H groups in total. The molecule has 0 aliphatic heterocycles. The Hall–Kier alpha value is -3.97. The molecule has 0 bridgehead atoms. The van der Waals surface area contributed by atoms with Crippen LogP contribution in [0.1, 0.15) is 48.8 Å². The molecule has 0 atom stereocenters. The number of benzene rings is 3. The number of non-ortho nitro benzene ring substituents is 1. The molecule has 0 saturated heterocycles. The molecule has 7 nitrogen and oxygen atoms in total. The van der Waals surface area contributed by atoms with Crippen LogP contribution in [0.25, 0.3) is 10.9 Å². The van der Waals surface area contributed by atoms with E-state index in [1.807, 2.05) is 42.5 Å². The first-order chi connectivity index (χ1) is 17.5. The fourth-order valence-corrected chi connectivity index (χ4v) is 5.12. The lowest BCUT2D eigenvalue weighted by molar-refractivity contribution is -0.384. The Morgan fingerprint density at radius 1 is 1.06 bits per heavy atom. The van der Waals surface area contributed by atoms with Gasteiger partial charge in [-0.05, 0) is 43.7 Å². The Morgan fingerprint density at radius 2 is 1.78 bits per heavy atom. The zero-order valence-corrected chi connectivity index (χ0v) is 20.4. The van der Waals surface area contributed by atoms with E-state index in [1.54, 1.807) is 6.07 Å². The van der Waals surface area contributed by atoms with E-state index in [4.69, 9.17) is 4.99 Å². The van der Waals surface area contributed by atoms with E-state index in [2.05, 4.69) is 29.1 Å². The standard InChI is InChI=1S/C29H30N4O3/c1-32(23-10-6-3-7-11-23)19-20-12-14-22(15-13-20)30-28(21-8-4-2-5-9-21)27-25-18-24(33(35)36)16-17-26(25)31-29(27)34/h2,4-5,8-9,12-18,23,31,34H,3,6-7,10-11,19H2,1H3. The van der Waals surface area contributed by atoms with Crippen molar-refractivity contribution in [2.24, 2.45) is 4.99 Å². The first-order valence-corrected chi connectivity index (χ1v) is 12.4. The summed E-state index contributed by atoms with van der Waals surface area (Å²) in [6.07, 6.45) is 6.51. The van der Waals surface area contributed by atoms with Crippen molar-refractivity contribution in [3.05, 3.63) is 99.6 Å². The Bertz CT molecular complexity index is 1390. The van der Waals surface area contributed by atoms with Gasteiger partial charge in [-0.3, -0.25) is 15.0 Å². The van der Waals surface area contributed by atoms with Gasteiger partial charge in [-0.25, -0.2) is 4.99 Å². The molecule has 1 fully saturated rings. The van der Waals surface area contributed by atoms with Crippen molar-refractivity contribution in [2.75, 3.05) is 7.05 Å². The molecular formula is C29H30N4O3. The minimum atomic E-state index is -0.435. The quantitative estimate of drug-likeness (QED) is 0.174. The first kappa shape index (κ1) is 23.8. The summed E-state index contributed by atoms with van der Waals surface area (Å²) < 4.78 is 0. The van der Waals surface area contributed by atoms with Gasteiger partial charge in [-0.15, -0.1) is 0 Å². The van der Waals surface area contributed by atoms with Crippen molar-refractivity contribution in [1.29, 1.82) is 0 Å². The summed E-state index contributed by atoms with van der Waals surface area (Å²) >= 11 is 0. The van der Waals surface area contributed by atoms with Crippen LogP contribution in [0.3, 0.4) is 0 Å². The second-order valence-electron chi connectivity index (χ2n) is 9.54. The molecule has 0 spiro atoms. The number of aliphatic imine (C=N–C) groups is 1. The number of hydrogen-bond donors (Lipinski definition) is 2. The summed E-state index contributed by atoms with van der Waals surface area (Å²) in [5.41, 5.74) is 4.35. The molecule has 0 amide bonds. The van der Waals surface area contributed by atoms with Crippen LogP contribution in [0.5, 0.6) is 5.88 Å². The van der Waals surface area contributed by atoms with Gasteiger partial charge < -0.3 is 10.1 Å². The molecule has 3 aromatic carbocycles. The van der Waals surface area contributed by atoms with E-state index in [9.17, 15) is 15.2 Å². The average molecular weight is 483 g/mol. The second-order valence-corrected chi connectivity index (χ2v) is 9.54. The van der Waals surface area contributed by atoms with Crippen LogP contribution in [0.4, 0.5) is 11.4 Å². The van der Waals surface area contributed by atoms with Gasteiger partial charge in [0.15, 0.2) is 5.88 Å². The highest BCUT2D eigenvalue weighted by atomic mass is 16.6. The van der Waals surface area contributed by atoms with Gasteiger partial charge in [-0.1, -0.05) is 61.7 Å². The predicted molar refractivity (Wildman–Crippen MR) is 143 cm³/mol. The lowest BCUT2D eigenvalue weighted by Crippen LogP contribution is -2.32. The predicted octanol–water partition coefficient (Wildman–Crippen LogP) is 6.72. The van der Waals surface area contributed by atoms with Crippen molar-refractivity contribution in [2.45, 2.75) is 44.7 Å². The van der Waals surface area contributed by atoms with Crippen LogP contribution < -0.4 is 0 Å². The number of aromatic amines is 1. The molecule has 1 aliphatic carbocycles. The molecule has 1 aliphatic rings. The first-order valence-electron chi connectivity index (χ1n) is 12.4. The van der Waals surface area contributed by atoms with Gasteiger partial charge in [0.2, 0.25) is 0 Å². The van der Waals surface area contributed by atoms with E-state index >= 15 is 0 Å². The second kappa shape index (κ2) is 10.3. The summed E-state index contributed by atoms with van der Waals surface area (Å²) in [6.45, 7) is 0.896. The van der Waals surface area contributed by atoms with Gasteiger partial charge >= 0.3 is 0 Å². The summed E-state index contributed by atoms with van der Waals surface area (Å²) in [5.74, 6) is -0.0705. The molecule has 0 radical (unpaired) electrons. The Labute approximate surface area is 210 Å². The summed E-state index contributed by atoms with van der Waals surface area (Å²) in [4.78, 5) is 21.3. The van der Waals surface area contributed by atoms with E-state index in [0.29, 0.717) is 28.2 Å². The molecule has 1 aromatic heterocycles. The minimum absolute atomic E-state index is 0.0402. The van der Waals surface area contributed by atoms with Gasteiger partial charge in [0.1, 0.15) is 0 Å². The van der Waals surface area contributed by atoms with E-state index < -0.39 is 4.92 Å². The molecule has 36 heavy (non-hydrogen) atoms. The number of rotatable bonds is 7. The van der Waals surface area contributed by atoms with Crippen LogP contribution in [0, 0.1) is 10.1 Å². The molecule has 0 unspecified atom stereocenters. The van der Waals surface area contributed by atoms with Gasteiger partial charge in [0.05, 0.1) is 21.9 Å². The normalized spacial score (nSPS) is 15.0. The van der Waals surface area contributed by atoms with E-state index in [-0.39, 0.29) is 11.6 Å². The number of nitro benzene ring substituents is 1. The zero-order valence-electron chi connectivity index (χ0n) is 20.4. The highest BCUT2D eigenvalue weighted by molar-refractivity contribution is 6.22. The van der Waals surface area contributed by atoms with Crippen LogP contribution in [0.2, 0.25) is 0 Å². The van der Waals surface area contributed by atoms with Crippen molar-refractivity contribution >= 4 is 28.0 Å². The number of nitrogens with one attached hydrogen (secondary N) is 1. The molecule has 1 heterocycles. The topological polar surface area (TPSA) is 94.8 Å². The Balaban J connectivity index is 1.51. The molecule has 4 aromatic rings. The number of hydrogen-bond acceptors (Lipinski definition) is 5. The van der Waals surface area contributed by atoms with Crippen LogP contribution in [0.15, 0.2) is 77.8 Å². The summed E-state index contributed by atoms with van der Waals surface area (Å²) in [6, 6.07) is 22.9. The van der Waals surface area contributed by atoms with Gasteiger partial charge in [0.25, 0.3) is 5.69 Å². The Kier molecular flexibility index (Phi) is 6.82. The zero-order chi connectivity index (χ0) is 25.1. The maximum atomic E-state index is 11.4. The van der Waals surface area contributed by atoms with Crippen LogP contribution in [-0.4, -0.2) is 38.7 Å². The fourth-order valence-electron chi connectivity index (χ4n) is 5.12. The van der Waals surface area contributed by atoms with Crippen LogP contribution >= 0.6 is 0 Å². The largest absolute Gasteiger partial charge is 0.494 e. The number of fused-ring (bicyclic) bond motifs is 1. The number of nitrogens with zero attached hydrogens (tertiary/aromatic N) is 3. The lowest BCUT2D eigenvalue weighted by atomic mass is 9.94. The van der Waals surface area contributed by atoms with E-state index in [1.165, 1.54) is 49.8 Å². The smallest absolute Gasteiger partial charge is 0.270 e. The molecule has 184 valence electrons. The van der Waals surface area contributed by atoms with E-state index in [0.717, 1.165) is 17.8 Å². The minimum Gasteiger partial charge on any atom is -0.494 e. The van der Waals surface area contributed by atoms with Gasteiger partial charge in [0, 0.05) is 41.2 Å². The molecular weight excluding hydrogens is 452 g/mol. The number of nitro groups is 1. The Morgan fingerprint density at radius 3 is 2.47 bits per heavy atom. The summed E-state index contributed by atoms with van der Waals surface area (Å²) in [7, 11) is 2.20. The summed E-state index contributed by atoms with van der Waals surface area (Å²) in [5, 5.41) is 22.8. The molecule has 5 rings (SSSR count). The highest BCUT2D eigenvalue weighted by Crippen LogP contribution is 2.33. The number of H-pyrrole nitrogens is 1. The van der Waals surface area contributed by atoms with Crippen LogP contribution in [-0.2, 0) is 6.54 Å². The molecule has 7 heteroatoms. The van der Waals surface area contributed by atoms with Crippen molar-refractivity contribution in [3.8, 4) is 5.88 Å². The highest BCUT2D eigenvalue weighted by Gasteiger charge is 2.21. The van der Waals surface area contributed by atoms with Crippen molar-refractivity contribution in [3.63, 3.8) is 0 Å². The lowest BCUT2D eigenvalue weighted by Gasteiger charge is -2.31. The average Bonchev–Trinajstić information content (AvgIpc) is 3.24. The van der Waals surface area contributed by atoms with Crippen molar-refractivity contribution < 1.29 is 10.0 Å². The van der Waals surface area contributed by atoms with Gasteiger partial charge in [-0.2, -0.15) is 0 Å². The third kappa shape index (κ3) is 5.02. The van der Waals surface area contributed by atoms with Crippen molar-refractivity contribution in [1.82, 2.24) is 9.88 Å². The maximum Gasteiger partial charge on any atom is 0.270 e. The fraction of sp³-hybridized carbons (Fsp3) is 0.276. The number of aromatic nitrogens is 1. The molecule has 1 saturated carbocycles. The SMILES string of the molecule is CN(Cc1ccc(N=C(c2ccccc2)c2c(O)[nH]c3ccc([N+](=O)[O-])cc23)cc1)C1CCCCC1. The monoisotopic (exact) mass is 482 g/mol. The third-order valence-electron chi connectivity index (χ3n) is 7.06. The number of aromatic hydroxyl groups is 1. The maximum absolute atomic E-state index is 11.4.